The van der Waals surface area contributed by atoms with E-state index in [1.165, 1.54) is 81.0 Å². The molecule has 330 valence electrons. The van der Waals surface area contributed by atoms with E-state index < -0.39 is 0 Å². The highest BCUT2D eigenvalue weighted by Crippen LogP contribution is 2.32. The van der Waals surface area contributed by atoms with Gasteiger partial charge in [-0.1, -0.05) is 52.4 Å². The smallest absolute Gasteiger partial charge is 0.227 e. The molecule has 11 nitrogen and oxygen atoms in total. The summed E-state index contributed by atoms with van der Waals surface area (Å²) in [6, 6.07) is 16.9. The van der Waals surface area contributed by atoms with Crippen LogP contribution in [-0.2, 0) is 30.7 Å². The molecule has 1 N–H and O–H groups in total. The topological polar surface area (TPSA) is 112 Å². The largest absolute Gasteiger partial charge is 0.492 e. The molecule has 0 bridgehead atoms. The van der Waals surface area contributed by atoms with Gasteiger partial charge in [0.15, 0.2) is 0 Å². The van der Waals surface area contributed by atoms with Gasteiger partial charge in [-0.25, -0.2) is 9.97 Å². The lowest BCUT2D eigenvalue weighted by Gasteiger charge is -2.23. The Morgan fingerprint density at radius 1 is 0.694 bits per heavy atom. The number of carbonyl (C=O) groups is 1. The van der Waals surface area contributed by atoms with E-state index in [-0.39, 0.29) is 5.91 Å². The normalized spacial score (nSPS) is 14.8. The number of carbonyl (C=O) groups excluding carboxylic acids is 1. The molecule has 0 aliphatic heterocycles. The van der Waals surface area contributed by atoms with Gasteiger partial charge in [0.25, 0.3) is 0 Å². The first kappa shape index (κ1) is 44.6. The number of nitrogens with one attached hydrogen (secondary N) is 1. The molecule has 0 atom stereocenters. The number of aromatic nitrogens is 6. The molecule has 0 spiro atoms. The fourth-order valence-corrected chi connectivity index (χ4v) is 9.20. The Kier molecular flexibility index (Phi) is 15.5. The number of fused-ring (bicyclic) bond motifs is 2. The number of anilines is 2. The van der Waals surface area contributed by atoms with Crippen LogP contribution in [0.15, 0.2) is 73.3 Å². The molecule has 62 heavy (non-hydrogen) atoms. The number of amides is 1. The van der Waals surface area contributed by atoms with Crippen molar-refractivity contribution in [1.82, 2.24) is 29.1 Å². The maximum absolute atomic E-state index is 12.6. The molecule has 6 aromatic rings. The molecule has 8 rings (SSSR count). The lowest BCUT2D eigenvalue weighted by molar-refractivity contribution is -0.119. The van der Waals surface area contributed by atoms with Crippen molar-refractivity contribution < 1.29 is 14.3 Å². The Labute approximate surface area is 368 Å². The fourth-order valence-electron chi connectivity index (χ4n) is 9.20. The lowest BCUT2D eigenvalue weighted by atomic mass is 9.89. The second-order valence-corrected chi connectivity index (χ2v) is 17.7. The summed E-state index contributed by atoms with van der Waals surface area (Å²) in [4.78, 5) is 33.2. The van der Waals surface area contributed by atoms with Gasteiger partial charge in [0.2, 0.25) is 5.91 Å². The molecule has 1 amide bonds. The lowest BCUT2D eigenvalue weighted by Crippen LogP contribution is -2.27. The Bertz CT molecular complexity index is 2340. The van der Waals surface area contributed by atoms with Gasteiger partial charge in [-0.05, 0) is 106 Å². The van der Waals surface area contributed by atoms with Gasteiger partial charge in [0.1, 0.15) is 22.8 Å². The Morgan fingerprint density at radius 3 is 1.65 bits per heavy atom. The second-order valence-electron chi connectivity index (χ2n) is 17.7. The third kappa shape index (κ3) is 11.5. The van der Waals surface area contributed by atoms with E-state index in [9.17, 15) is 4.79 Å². The standard InChI is InChI=1S/C28H38N4O2.C23H30N4O/c1-5-34-26-12-11-23(29-18-26)16-24-14-22-15-25(31(4)27(33)13-20(2)3)17-30-28(22)32(24)19-21-9-7-6-8-10-21;1-3-28-22-10-9-19(25-15-22)13-21-12-18-11-20(24-2)14-26-23(18)27(21)16-17-7-5-4-6-8-17/h11-12,14-15,17-18,20-21H,5-10,13,16,19H2,1-4H3;9-12,14-15,17,24H,3-8,13,16H2,1-2H3. The molecule has 6 heterocycles. The molecule has 2 saturated carbocycles. The van der Waals surface area contributed by atoms with Crippen LogP contribution in [0.2, 0.25) is 0 Å². The van der Waals surface area contributed by atoms with Gasteiger partial charge in [-0.3, -0.25) is 14.8 Å². The van der Waals surface area contributed by atoms with Crippen LogP contribution in [0, 0.1) is 17.8 Å². The van der Waals surface area contributed by atoms with Crippen molar-refractivity contribution in [2.45, 2.75) is 124 Å². The van der Waals surface area contributed by atoms with E-state index in [0.29, 0.717) is 31.5 Å². The van der Waals surface area contributed by atoms with E-state index in [1.807, 2.05) is 64.7 Å². The highest BCUT2D eigenvalue weighted by Gasteiger charge is 2.22. The van der Waals surface area contributed by atoms with Gasteiger partial charge in [-0.2, -0.15) is 0 Å². The van der Waals surface area contributed by atoms with Gasteiger partial charge < -0.3 is 28.8 Å². The second kappa shape index (κ2) is 21.6. The van der Waals surface area contributed by atoms with E-state index in [2.05, 4.69) is 68.6 Å². The number of hydrogen-bond donors (Lipinski definition) is 1. The number of rotatable bonds is 16. The minimum absolute atomic E-state index is 0.122. The van der Waals surface area contributed by atoms with Crippen molar-refractivity contribution in [3.05, 3.63) is 96.1 Å². The van der Waals surface area contributed by atoms with Crippen molar-refractivity contribution in [3.8, 4) is 11.5 Å². The SMILES string of the molecule is CCOc1ccc(Cc2cc3cc(N(C)C(=O)CC(C)C)cnc3n2CC2CCCCC2)nc1.CCOc1ccc(Cc2cc3cc(NC)cnc3n2CC2CCCCC2)nc1. The zero-order valence-electron chi connectivity index (χ0n) is 38.0. The van der Waals surface area contributed by atoms with Crippen LogP contribution in [0.4, 0.5) is 11.4 Å². The first-order chi connectivity index (χ1) is 30.2. The quantitative estimate of drug-likeness (QED) is 0.103. The van der Waals surface area contributed by atoms with E-state index >= 15 is 0 Å². The molecule has 2 aliphatic rings. The van der Waals surface area contributed by atoms with Crippen molar-refractivity contribution in [2.75, 3.05) is 37.5 Å². The summed E-state index contributed by atoms with van der Waals surface area (Å²) in [6.45, 7) is 11.5. The van der Waals surface area contributed by atoms with Gasteiger partial charge in [0.05, 0.1) is 49.4 Å². The highest BCUT2D eigenvalue weighted by atomic mass is 16.5. The molecular weight excluding hydrogens is 773 g/mol. The van der Waals surface area contributed by atoms with Crippen LogP contribution in [-0.4, -0.2) is 62.3 Å². The Morgan fingerprint density at radius 2 is 1.19 bits per heavy atom. The Balaban J connectivity index is 0.000000190. The van der Waals surface area contributed by atoms with Crippen molar-refractivity contribution in [1.29, 1.82) is 0 Å². The maximum atomic E-state index is 12.6. The predicted octanol–water partition coefficient (Wildman–Crippen LogP) is 11.1. The van der Waals surface area contributed by atoms with E-state index in [0.717, 1.165) is 82.8 Å². The maximum Gasteiger partial charge on any atom is 0.227 e. The number of nitrogens with zero attached hydrogens (tertiary/aromatic N) is 7. The van der Waals surface area contributed by atoms with Crippen molar-refractivity contribution in [2.24, 2.45) is 17.8 Å². The van der Waals surface area contributed by atoms with Crippen LogP contribution >= 0.6 is 0 Å². The third-order valence-electron chi connectivity index (χ3n) is 12.5. The number of pyridine rings is 4. The summed E-state index contributed by atoms with van der Waals surface area (Å²) in [5.74, 6) is 3.52. The molecule has 0 unspecified atom stereocenters. The number of hydrogen-bond acceptors (Lipinski definition) is 8. The summed E-state index contributed by atoms with van der Waals surface area (Å²) in [6.07, 6.45) is 22.8. The molecule has 11 heteroatoms. The van der Waals surface area contributed by atoms with E-state index in [4.69, 9.17) is 19.4 Å². The molecule has 2 aliphatic carbocycles. The van der Waals surface area contributed by atoms with E-state index in [1.54, 1.807) is 11.1 Å². The molecule has 0 aromatic carbocycles. The van der Waals surface area contributed by atoms with Gasteiger partial charge in [0, 0.05) is 80.0 Å². The molecule has 0 radical (unpaired) electrons. The summed E-state index contributed by atoms with van der Waals surface area (Å²) in [5.41, 5.74) is 8.57. The summed E-state index contributed by atoms with van der Waals surface area (Å²) in [5, 5.41) is 5.48. The fraction of sp³-hybridized carbons (Fsp3) is 0.510. The first-order valence-corrected chi connectivity index (χ1v) is 23.3. The monoisotopic (exact) mass is 841 g/mol. The number of ether oxygens (including phenoxy) is 2. The van der Waals surface area contributed by atoms with Crippen LogP contribution in [0.25, 0.3) is 22.1 Å². The molecule has 2 fully saturated rings. The average molecular weight is 841 g/mol. The summed E-state index contributed by atoms with van der Waals surface area (Å²) in [7, 11) is 3.78. The summed E-state index contributed by atoms with van der Waals surface area (Å²) < 4.78 is 15.9. The minimum Gasteiger partial charge on any atom is -0.492 e. The van der Waals surface area contributed by atoms with Gasteiger partial charge >= 0.3 is 0 Å². The van der Waals surface area contributed by atoms with Crippen molar-refractivity contribution in [3.63, 3.8) is 0 Å². The Hall–Kier alpha value is -5.45. The minimum atomic E-state index is 0.122. The van der Waals surface area contributed by atoms with Crippen LogP contribution in [0.1, 0.15) is 121 Å². The zero-order chi connectivity index (χ0) is 43.4. The van der Waals surface area contributed by atoms with Crippen LogP contribution < -0.4 is 19.7 Å². The molecule has 6 aromatic heterocycles. The predicted molar refractivity (Wildman–Crippen MR) is 251 cm³/mol. The molecule has 0 saturated heterocycles. The van der Waals surface area contributed by atoms with Crippen LogP contribution in [0.5, 0.6) is 11.5 Å². The van der Waals surface area contributed by atoms with Crippen molar-refractivity contribution >= 4 is 39.3 Å². The van der Waals surface area contributed by atoms with Gasteiger partial charge in [-0.15, -0.1) is 0 Å². The highest BCUT2D eigenvalue weighted by molar-refractivity contribution is 5.95. The first-order valence-electron chi connectivity index (χ1n) is 23.3. The molecular formula is C51H68N8O3. The average Bonchev–Trinajstić information content (AvgIpc) is 3.80. The zero-order valence-corrected chi connectivity index (χ0v) is 38.0. The third-order valence-corrected chi connectivity index (χ3v) is 12.5. The van der Waals surface area contributed by atoms with Crippen LogP contribution in [0.3, 0.4) is 0 Å². The summed E-state index contributed by atoms with van der Waals surface area (Å²) >= 11 is 0.